The fraction of sp³-hybridized carbons (Fsp3) is 0.348. The molecule has 144 valence electrons. The standard InChI is InChI=1S/C23H27N5/c1-27(18-21-10-6-3-7-11-21)22-17-24-26-23(25-22)28-14-12-20(13-15-28)16-19-8-4-2-5-9-19/h2-11,17,20H,12-16,18H2,1H3. The molecule has 3 aromatic rings. The molecule has 1 fully saturated rings. The van der Waals surface area contributed by atoms with E-state index in [-0.39, 0.29) is 0 Å². The van der Waals surface area contributed by atoms with Crippen LogP contribution in [0.15, 0.2) is 66.9 Å². The van der Waals surface area contributed by atoms with Gasteiger partial charge in [0.2, 0.25) is 5.95 Å². The van der Waals surface area contributed by atoms with Gasteiger partial charge in [-0.15, -0.1) is 5.10 Å². The number of aromatic nitrogens is 3. The van der Waals surface area contributed by atoms with Gasteiger partial charge in [0.25, 0.3) is 0 Å². The molecule has 1 aliphatic rings. The fourth-order valence-electron chi connectivity index (χ4n) is 3.83. The number of nitrogens with zero attached hydrogens (tertiary/aromatic N) is 5. The Hall–Kier alpha value is -2.95. The highest BCUT2D eigenvalue weighted by molar-refractivity contribution is 5.42. The minimum Gasteiger partial charge on any atom is -0.354 e. The molecule has 5 nitrogen and oxygen atoms in total. The van der Waals surface area contributed by atoms with Crippen LogP contribution in [0.2, 0.25) is 0 Å². The van der Waals surface area contributed by atoms with E-state index in [0.29, 0.717) is 0 Å². The lowest BCUT2D eigenvalue weighted by Crippen LogP contribution is -2.36. The molecule has 1 saturated heterocycles. The monoisotopic (exact) mass is 373 g/mol. The zero-order valence-electron chi connectivity index (χ0n) is 16.4. The Bertz CT molecular complexity index is 860. The van der Waals surface area contributed by atoms with E-state index in [1.807, 2.05) is 13.1 Å². The van der Waals surface area contributed by atoms with Gasteiger partial charge in [0.15, 0.2) is 5.82 Å². The normalized spacial score (nSPS) is 14.8. The van der Waals surface area contributed by atoms with Crippen LogP contribution in [0, 0.1) is 5.92 Å². The van der Waals surface area contributed by atoms with Gasteiger partial charge in [0, 0.05) is 26.7 Å². The van der Waals surface area contributed by atoms with Crippen LogP contribution < -0.4 is 9.80 Å². The van der Waals surface area contributed by atoms with E-state index in [1.165, 1.54) is 24.0 Å². The molecular weight excluding hydrogens is 346 g/mol. The van der Waals surface area contributed by atoms with Crippen molar-refractivity contribution in [3.63, 3.8) is 0 Å². The molecule has 28 heavy (non-hydrogen) atoms. The molecule has 0 N–H and O–H groups in total. The number of anilines is 2. The topological polar surface area (TPSA) is 45.2 Å². The lowest BCUT2D eigenvalue weighted by molar-refractivity contribution is 0.400. The molecule has 1 aliphatic heterocycles. The van der Waals surface area contributed by atoms with Gasteiger partial charge in [0.1, 0.15) is 0 Å². The quantitative estimate of drug-likeness (QED) is 0.654. The van der Waals surface area contributed by atoms with Crippen molar-refractivity contribution >= 4 is 11.8 Å². The summed E-state index contributed by atoms with van der Waals surface area (Å²) in [4.78, 5) is 9.17. The highest BCUT2D eigenvalue weighted by Crippen LogP contribution is 2.24. The molecule has 2 aromatic carbocycles. The van der Waals surface area contributed by atoms with Crippen molar-refractivity contribution in [3.05, 3.63) is 78.0 Å². The number of hydrogen-bond acceptors (Lipinski definition) is 5. The number of benzene rings is 2. The maximum absolute atomic E-state index is 4.78. The Morgan fingerprint density at radius 3 is 2.25 bits per heavy atom. The van der Waals surface area contributed by atoms with E-state index in [9.17, 15) is 0 Å². The Morgan fingerprint density at radius 2 is 1.57 bits per heavy atom. The second kappa shape index (κ2) is 8.83. The third-order valence-corrected chi connectivity index (χ3v) is 5.45. The van der Waals surface area contributed by atoms with Crippen molar-refractivity contribution in [1.29, 1.82) is 0 Å². The van der Waals surface area contributed by atoms with Crippen LogP contribution in [-0.4, -0.2) is 35.3 Å². The highest BCUT2D eigenvalue weighted by atomic mass is 15.3. The molecule has 0 bridgehead atoms. The fourth-order valence-corrected chi connectivity index (χ4v) is 3.83. The maximum atomic E-state index is 4.78. The second-order valence-corrected chi connectivity index (χ2v) is 7.58. The summed E-state index contributed by atoms with van der Waals surface area (Å²) in [6, 6.07) is 21.2. The summed E-state index contributed by atoms with van der Waals surface area (Å²) >= 11 is 0. The largest absolute Gasteiger partial charge is 0.354 e. The number of rotatable bonds is 6. The van der Waals surface area contributed by atoms with Gasteiger partial charge in [-0.3, -0.25) is 0 Å². The molecule has 0 saturated carbocycles. The van der Waals surface area contributed by atoms with Crippen LogP contribution in [0.3, 0.4) is 0 Å². The Balaban J connectivity index is 1.36. The molecule has 0 radical (unpaired) electrons. The Kier molecular flexibility index (Phi) is 5.80. The smallest absolute Gasteiger partial charge is 0.247 e. The molecule has 0 unspecified atom stereocenters. The SMILES string of the molecule is CN(Cc1ccccc1)c1cnnc(N2CCC(Cc3ccccc3)CC2)n1. The van der Waals surface area contributed by atoms with E-state index in [0.717, 1.165) is 43.7 Å². The van der Waals surface area contributed by atoms with Crippen molar-refractivity contribution in [2.45, 2.75) is 25.8 Å². The van der Waals surface area contributed by atoms with E-state index >= 15 is 0 Å². The summed E-state index contributed by atoms with van der Waals surface area (Å²) in [7, 11) is 2.05. The first-order chi connectivity index (χ1) is 13.8. The number of piperidine rings is 1. The highest BCUT2D eigenvalue weighted by Gasteiger charge is 2.22. The van der Waals surface area contributed by atoms with E-state index in [2.05, 4.69) is 74.6 Å². The van der Waals surface area contributed by atoms with E-state index < -0.39 is 0 Å². The first-order valence-electron chi connectivity index (χ1n) is 10.0. The summed E-state index contributed by atoms with van der Waals surface area (Å²) in [5.41, 5.74) is 2.69. The first-order valence-corrected chi connectivity index (χ1v) is 10.0. The molecule has 1 aromatic heterocycles. The van der Waals surface area contributed by atoms with Crippen molar-refractivity contribution < 1.29 is 0 Å². The summed E-state index contributed by atoms with van der Waals surface area (Å²) in [5, 5.41) is 8.51. The first kappa shape index (κ1) is 18.4. The minimum atomic E-state index is 0.732. The van der Waals surface area contributed by atoms with Gasteiger partial charge in [-0.2, -0.15) is 10.1 Å². The summed E-state index contributed by atoms with van der Waals surface area (Å²) in [6.07, 6.45) is 5.24. The van der Waals surface area contributed by atoms with Gasteiger partial charge >= 0.3 is 0 Å². The lowest BCUT2D eigenvalue weighted by atomic mass is 9.90. The zero-order chi connectivity index (χ0) is 19.2. The lowest BCUT2D eigenvalue weighted by Gasteiger charge is -2.32. The molecule has 5 heteroatoms. The molecule has 0 aliphatic carbocycles. The average Bonchev–Trinajstić information content (AvgIpc) is 2.76. The minimum absolute atomic E-state index is 0.732. The van der Waals surface area contributed by atoms with Crippen LogP contribution >= 0.6 is 0 Å². The molecular formula is C23H27N5. The van der Waals surface area contributed by atoms with Crippen molar-refractivity contribution in [2.24, 2.45) is 5.92 Å². The number of hydrogen-bond donors (Lipinski definition) is 0. The third-order valence-electron chi connectivity index (χ3n) is 5.45. The Labute approximate surface area is 167 Å². The van der Waals surface area contributed by atoms with Gasteiger partial charge in [-0.1, -0.05) is 60.7 Å². The van der Waals surface area contributed by atoms with Gasteiger partial charge in [0.05, 0.1) is 6.20 Å². The van der Waals surface area contributed by atoms with Crippen LogP contribution in [0.4, 0.5) is 11.8 Å². The van der Waals surface area contributed by atoms with Crippen LogP contribution in [-0.2, 0) is 13.0 Å². The molecule has 2 heterocycles. The van der Waals surface area contributed by atoms with E-state index in [1.54, 1.807) is 6.20 Å². The van der Waals surface area contributed by atoms with Gasteiger partial charge < -0.3 is 9.80 Å². The van der Waals surface area contributed by atoms with Crippen molar-refractivity contribution in [1.82, 2.24) is 15.2 Å². The summed E-state index contributed by atoms with van der Waals surface area (Å²) < 4.78 is 0. The maximum Gasteiger partial charge on any atom is 0.247 e. The second-order valence-electron chi connectivity index (χ2n) is 7.58. The molecule has 0 amide bonds. The van der Waals surface area contributed by atoms with Gasteiger partial charge in [-0.25, -0.2) is 0 Å². The summed E-state index contributed by atoms with van der Waals surface area (Å²) in [5.74, 6) is 2.34. The van der Waals surface area contributed by atoms with Crippen LogP contribution in [0.5, 0.6) is 0 Å². The predicted molar refractivity (Wildman–Crippen MR) is 113 cm³/mol. The molecule has 0 spiro atoms. The van der Waals surface area contributed by atoms with Crippen molar-refractivity contribution in [3.8, 4) is 0 Å². The zero-order valence-corrected chi connectivity index (χ0v) is 16.4. The summed E-state index contributed by atoms with van der Waals surface area (Å²) in [6.45, 7) is 2.79. The van der Waals surface area contributed by atoms with Crippen LogP contribution in [0.1, 0.15) is 24.0 Å². The average molecular weight is 374 g/mol. The predicted octanol–water partition coefficient (Wildman–Crippen LogP) is 3.97. The van der Waals surface area contributed by atoms with E-state index in [4.69, 9.17) is 4.98 Å². The third kappa shape index (κ3) is 4.66. The Morgan fingerprint density at radius 1 is 0.929 bits per heavy atom. The molecule has 4 rings (SSSR count). The molecule has 0 atom stereocenters. The van der Waals surface area contributed by atoms with Gasteiger partial charge in [-0.05, 0) is 36.3 Å². The van der Waals surface area contributed by atoms with Crippen molar-refractivity contribution in [2.75, 3.05) is 29.9 Å². The van der Waals surface area contributed by atoms with Crippen LogP contribution in [0.25, 0.3) is 0 Å².